The van der Waals surface area contributed by atoms with E-state index in [9.17, 15) is 18.0 Å². The van der Waals surface area contributed by atoms with E-state index in [4.69, 9.17) is 0 Å². The molecule has 1 amide bonds. The quantitative estimate of drug-likeness (QED) is 0.593. The monoisotopic (exact) mass is 387 g/mol. The molecule has 0 aliphatic carbocycles. The number of hydrogen-bond acceptors (Lipinski definition) is 2. The second kappa shape index (κ2) is 7.88. The molecule has 0 fully saturated rings. The Balaban J connectivity index is 1.74. The van der Waals surface area contributed by atoms with Gasteiger partial charge in [0.15, 0.2) is 0 Å². The summed E-state index contributed by atoms with van der Waals surface area (Å²) >= 11 is 0. The molecular formula is C21H20F3N3O. The Bertz CT molecular complexity index is 1020. The molecule has 28 heavy (non-hydrogen) atoms. The standard InChI is InChI=1S/C21H20F3N3O/c1-3-27-18-10-5-4-9-17(18)25-19(27)14-26(2)20(28)12-11-15-7-6-8-16(13-15)21(22,23)24/h4-13H,3,14H2,1-2H3/b12-11+. The molecule has 0 spiro atoms. The summed E-state index contributed by atoms with van der Waals surface area (Å²) in [5.74, 6) is 0.444. The molecule has 3 rings (SSSR count). The first kappa shape index (κ1) is 19.7. The van der Waals surface area contributed by atoms with Crippen LogP contribution < -0.4 is 0 Å². The van der Waals surface area contributed by atoms with E-state index in [0.29, 0.717) is 12.1 Å². The van der Waals surface area contributed by atoms with E-state index in [2.05, 4.69) is 4.98 Å². The average Bonchev–Trinajstić information content (AvgIpc) is 3.02. The fourth-order valence-corrected chi connectivity index (χ4v) is 3.00. The number of likely N-dealkylation sites (N-methyl/N-ethyl adjacent to an activating group) is 1. The molecular weight excluding hydrogens is 367 g/mol. The number of alkyl halides is 3. The van der Waals surface area contributed by atoms with Gasteiger partial charge in [0.2, 0.25) is 5.91 Å². The highest BCUT2D eigenvalue weighted by Gasteiger charge is 2.30. The van der Waals surface area contributed by atoms with E-state index < -0.39 is 11.7 Å². The minimum atomic E-state index is -4.41. The number of rotatable bonds is 5. The van der Waals surface area contributed by atoms with Crippen molar-refractivity contribution in [1.29, 1.82) is 0 Å². The van der Waals surface area contributed by atoms with Crippen LogP contribution in [0.4, 0.5) is 13.2 Å². The Hall–Kier alpha value is -3.09. The number of benzene rings is 2. The zero-order valence-corrected chi connectivity index (χ0v) is 15.6. The molecule has 2 aromatic carbocycles. The fraction of sp³-hybridized carbons (Fsp3) is 0.238. The smallest absolute Gasteiger partial charge is 0.335 e. The molecule has 0 atom stereocenters. The molecule has 1 aromatic heterocycles. The van der Waals surface area contributed by atoms with Crippen molar-refractivity contribution in [2.45, 2.75) is 26.2 Å². The summed E-state index contributed by atoms with van der Waals surface area (Å²) in [6.07, 6.45) is -1.75. The maximum Gasteiger partial charge on any atom is 0.416 e. The number of hydrogen-bond donors (Lipinski definition) is 0. The normalized spacial score (nSPS) is 12.0. The Labute approximate surface area is 160 Å². The van der Waals surface area contributed by atoms with Gasteiger partial charge in [0, 0.05) is 19.7 Å². The number of imidazole rings is 1. The molecule has 0 saturated carbocycles. The highest BCUT2D eigenvalue weighted by Crippen LogP contribution is 2.29. The maximum atomic E-state index is 12.8. The van der Waals surface area contributed by atoms with Crippen LogP contribution in [0.1, 0.15) is 23.9 Å². The third-order valence-electron chi connectivity index (χ3n) is 4.44. The summed E-state index contributed by atoms with van der Waals surface area (Å²) in [6, 6.07) is 12.6. The molecule has 146 valence electrons. The number of carbonyl (C=O) groups is 1. The van der Waals surface area contributed by atoms with E-state index in [0.717, 1.165) is 35.5 Å². The van der Waals surface area contributed by atoms with Gasteiger partial charge in [-0.2, -0.15) is 13.2 Å². The zero-order chi connectivity index (χ0) is 20.3. The number of carbonyl (C=O) groups excluding carboxylic acids is 1. The lowest BCUT2D eigenvalue weighted by Gasteiger charge is -2.15. The van der Waals surface area contributed by atoms with Crippen molar-refractivity contribution < 1.29 is 18.0 Å². The third kappa shape index (κ3) is 4.24. The third-order valence-corrected chi connectivity index (χ3v) is 4.44. The van der Waals surface area contributed by atoms with Crippen molar-refractivity contribution in [3.63, 3.8) is 0 Å². The summed E-state index contributed by atoms with van der Waals surface area (Å²) in [5, 5.41) is 0. The SMILES string of the molecule is CCn1c(CN(C)C(=O)/C=C/c2cccc(C(F)(F)F)c2)nc2ccccc21. The Morgan fingerprint density at radius 2 is 1.93 bits per heavy atom. The number of aryl methyl sites for hydroxylation is 1. The Kier molecular flexibility index (Phi) is 5.53. The Morgan fingerprint density at radius 1 is 1.18 bits per heavy atom. The first-order valence-corrected chi connectivity index (χ1v) is 8.84. The van der Waals surface area contributed by atoms with E-state index in [-0.39, 0.29) is 5.91 Å². The maximum absolute atomic E-state index is 12.8. The first-order valence-electron chi connectivity index (χ1n) is 8.84. The van der Waals surface area contributed by atoms with E-state index in [1.165, 1.54) is 29.2 Å². The van der Waals surface area contributed by atoms with Crippen LogP contribution in [-0.2, 0) is 24.1 Å². The first-order chi connectivity index (χ1) is 13.3. The van der Waals surface area contributed by atoms with Crippen LogP contribution in [0.25, 0.3) is 17.1 Å². The van der Waals surface area contributed by atoms with Gasteiger partial charge >= 0.3 is 6.18 Å². The lowest BCUT2D eigenvalue weighted by Crippen LogP contribution is -2.26. The molecule has 0 saturated heterocycles. The summed E-state index contributed by atoms with van der Waals surface area (Å²) in [4.78, 5) is 18.5. The van der Waals surface area contributed by atoms with Gasteiger partial charge in [0.25, 0.3) is 0 Å². The average molecular weight is 387 g/mol. The Morgan fingerprint density at radius 3 is 2.64 bits per heavy atom. The van der Waals surface area contributed by atoms with E-state index >= 15 is 0 Å². The van der Waals surface area contributed by atoms with Crippen molar-refractivity contribution in [3.8, 4) is 0 Å². The van der Waals surface area contributed by atoms with Gasteiger partial charge in [-0.3, -0.25) is 4.79 Å². The lowest BCUT2D eigenvalue weighted by molar-refractivity contribution is -0.137. The molecule has 1 heterocycles. The van der Waals surface area contributed by atoms with Gasteiger partial charge in [-0.25, -0.2) is 4.98 Å². The molecule has 7 heteroatoms. The number of para-hydroxylation sites is 2. The van der Waals surface area contributed by atoms with Crippen LogP contribution in [0.15, 0.2) is 54.6 Å². The molecule has 0 radical (unpaired) electrons. The van der Waals surface area contributed by atoms with Crippen molar-refractivity contribution in [2.75, 3.05) is 7.05 Å². The van der Waals surface area contributed by atoms with Crippen LogP contribution in [0.5, 0.6) is 0 Å². The van der Waals surface area contributed by atoms with Gasteiger partial charge in [-0.15, -0.1) is 0 Å². The van der Waals surface area contributed by atoms with Crippen LogP contribution in [-0.4, -0.2) is 27.4 Å². The number of nitrogens with zero attached hydrogens (tertiary/aromatic N) is 3. The molecule has 0 bridgehead atoms. The van der Waals surface area contributed by atoms with Crippen LogP contribution in [0.2, 0.25) is 0 Å². The second-order valence-corrected chi connectivity index (χ2v) is 6.41. The molecule has 0 aliphatic heterocycles. The summed E-state index contributed by atoms with van der Waals surface area (Å²) in [6.45, 7) is 3.03. The van der Waals surface area contributed by atoms with Gasteiger partial charge < -0.3 is 9.47 Å². The van der Waals surface area contributed by atoms with Crippen LogP contribution in [0.3, 0.4) is 0 Å². The van der Waals surface area contributed by atoms with Crippen molar-refractivity contribution >= 4 is 23.0 Å². The number of halogens is 3. The number of amides is 1. The lowest BCUT2D eigenvalue weighted by atomic mass is 10.1. The van der Waals surface area contributed by atoms with Gasteiger partial charge in [0.05, 0.1) is 23.1 Å². The van der Waals surface area contributed by atoms with Gasteiger partial charge in [0.1, 0.15) is 5.82 Å². The molecule has 3 aromatic rings. The second-order valence-electron chi connectivity index (χ2n) is 6.41. The minimum Gasteiger partial charge on any atom is -0.335 e. The predicted molar refractivity (Wildman–Crippen MR) is 102 cm³/mol. The number of fused-ring (bicyclic) bond motifs is 1. The summed E-state index contributed by atoms with van der Waals surface area (Å²) in [7, 11) is 1.64. The van der Waals surface area contributed by atoms with E-state index in [1.807, 2.05) is 35.8 Å². The van der Waals surface area contributed by atoms with Gasteiger partial charge in [-0.1, -0.05) is 24.3 Å². The molecule has 4 nitrogen and oxygen atoms in total. The fourth-order valence-electron chi connectivity index (χ4n) is 3.00. The van der Waals surface area contributed by atoms with Crippen molar-refractivity contribution in [1.82, 2.24) is 14.5 Å². The zero-order valence-electron chi connectivity index (χ0n) is 15.6. The summed E-state index contributed by atoms with van der Waals surface area (Å²) in [5.41, 5.74) is 1.43. The molecule has 0 N–H and O–H groups in total. The minimum absolute atomic E-state index is 0.300. The van der Waals surface area contributed by atoms with Gasteiger partial charge in [-0.05, 0) is 42.8 Å². The summed E-state index contributed by atoms with van der Waals surface area (Å²) < 4.78 is 40.4. The van der Waals surface area contributed by atoms with Crippen molar-refractivity contribution in [3.05, 3.63) is 71.6 Å². The van der Waals surface area contributed by atoms with Crippen LogP contribution in [0, 0.1) is 0 Å². The molecule has 0 unspecified atom stereocenters. The van der Waals surface area contributed by atoms with Crippen LogP contribution >= 0.6 is 0 Å². The topological polar surface area (TPSA) is 38.1 Å². The highest BCUT2D eigenvalue weighted by atomic mass is 19.4. The largest absolute Gasteiger partial charge is 0.416 e. The van der Waals surface area contributed by atoms with E-state index in [1.54, 1.807) is 7.05 Å². The highest BCUT2D eigenvalue weighted by molar-refractivity contribution is 5.91. The van der Waals surface area contributed by atoms with Crippen molar-refractivity contribution in [2.24, 2.45) is 0 Å². The molecule has 0 aliphatic rings. The number of aromatic nitrogens is 2. The predicted octanol–water partition coefficient (Wildman–Crippen LogP) is 4.75.